The number of nitrogens with one attached hydrogen (secondary N) is 1. The number of hydrogen-bond donors (Lipinski definition) is 1. The van der Waals surface area contributed by atoms with Crippen molar-refractivity contribution in [2.24, 2.45) is 7.05 Å². The molecule has 0 spiro atoms. The first kappa shape index (κ1) is 15.5. The van der Waals surface area contributed by atoms with Crippen molar-refractivity contribution in [2.75, 3.05) is 13.7 Å². The highest BCUT2D eigenvalue weighted by atomic mass is 35.5. The van der Waals surface area contributed by atoms with Gasteiger partial charge >= 0.3 is 0 Å². The van der Waals surface area contributed by atoms with Crippen LogP contribution in [0.25, 0.3) is 0 Å². The second-order valence-corrected chi connectivity index (χ2v) is 4.85. The zero-order valence-corrected chi connectivity index (χ0v) is 12.7. The van der Waals surface area contributed by atoms with Crippen LogP contribution in [0.2, 0.25) is 5.02 Å². The molecular weight excluding hydrogens is 250 g/mol. The van der Waals surface area contributed by atoms with Crippen LogP contribution in [0, 0.1) is 6.92 Å². The van der Waals surface area contributed by atoms with Crippen LogP contribution in [-0.4, -0.2) is 35.6 Å². The summed E-state index contributed by atoms with van der Waals surface area (Å²) >= 11 is 6.29. The quantitative estimate of drug-likeness (QED) is 0.829. The zero-order valence-electron chi connectivity index (χ0n) is 12.0. The highest BCUT2D eigenvalue weighted by Gasteiger charge is 2.22. The molecule has 0 aliphatic heterocycles. The van der Waals surface area contributed by atoms with E-state index in [1.54, 1.807) is 0 Å². The Morgan fingerprint density at radius 2 is 2.11 bits per heavy atom. The van der Waals surface area contributed by atoms with Crippen molar-refractivity contribution >= 4 is 11.6 Å². The minimum Gasteiger partial charge on any atom is -0.377 e. The van der Waals surface area contributed by atoms with Crippen LogP contribution >= 0.6 is 11.6 Å². The van der Waals surface area contributed by atoms with Gasteiger partial charge in [0.25, 0.3) is 0 Å². The number of rotatable bonds is 7. The maximum absolute atomic E-state index is 6.29. The predicted molar refractivity (Wildman–Crippen MR) is 75.2 cm³/mol. The summed E-state index contributed by atoms with van der Waals surface area (Å²) in [6.45, 7) is 6.83. The van der Waals surface area contributed by atoms with Crippen molar-refractivity contribution in [3.63, 3.8) is 0 Å². The molecular formula is C13H24ClN3O. The van der Waals surface area contributed by atoms with Gasteiger partial charge < -0.3 is 10.1 Å². The Kier molecular flexibility index (Phi) is 6.12. The van der Waals surface area contributed by atoms with E-state index >= 15 is 0 Å². The molecule has 104 valence electrons. The molecule has 18 heavy (non-hydrogen) atoms. The number of ether oxygens (including phenoxy) is 1. The minimum absolute atomic E-state index is 0.200. The number of aromatic nitrogens is 2. The highest BCUT2D eigenvalue weighted by Crippen LogP contribution is 2.22. The Labute approximate surface area is 115 Å². The third-order valence-electron chi connectivity index (χ3n) is 3.28. The second-order valence-electron chi connectivity index (χ2n) is 4.47. The summed E-state index contributed by atoms with van der Waals surface area (Å²) in [5.41, 5.74) is 1.94. The van der Waals surface area contributed by atoms with E-state index in [2.05, 4.69) is 17.3 Å². The molecule has 1 rings (SSSR count). The number of likely N-dealkylation sites (N-methyl/N-ethyl adjacent to an activating group) is 1. The van der Waals surface area contributed by atoms with E-state index in [-0.39, 0.29) is 12.1 Å². The fourth-order valence-corrected chi connectivity index (χ4v) is 2.50. The molecule has 1 N–H and O–H groups in total. The maximum atomic E-state index is 6.29. The number of aryl methyl sites for hydroxylation is 2. The monoisotopic (exact) mass is 273 g/mol. The Morgan fingerprint density at radius 3 is 2.50 bits per heavy atom. The van der Waals surface area contributed by atoms with Gasteiger partial charge in [-0.2, -0.15) is 5.10 Å². The highest BCUT2D eigenvalue weighted by molar-refractivity contribution is 6.31. The number of hydrogen-bond acceptors (Lipinski definition) is 3. The Morgan fingerprint density at radius 1 is 1.44 bits per heavy atom. The molecule has 2 atom stereocenters. The average Bonchev–Trinajstić information content (AvgIpc) is 2.59. The van der Waals surface area contributed by atoms with Gasteiger partial charge in [-0.05, 0) is 27.3 Å². The predicted octanol–water partition coefficient (Wildman–Crippen LogP) is 2.33. The van der Waals surface area contributed by atoms with Gasteiger partial charge in [-0.3, -0.25) is 4.68 Å². The SMILES string of the molecule is CCOC(CC)C(Cc1c(Cl)c(C)nn1C)NC. The van der Waals surface area contributed by atoms with Crippen molar-refractivity contribution in [3.8, 4) is 0 Å². The van der Waals surface area contributed by atoms with E-state index in [0.717, 1.165) is 35.9 Å². The molecule has 0 aromatic carbocycles. The van der Waals surface area contributed by atoms with Crippen LogP contribution in [0.5, 0.6) is 0 Å². The molecule has 2 unspecified atom stereocenters. The summed E-state index contributed by atoms with van der Waals surface area (Å²) in [5, 5.41) is 8.44. The number of halogens is 1. The first-order valence-electron chi connectivity index (χ1n) is 6.51. The lowest BCUT2D eigenvalue weighted by Gasteiger charge is -2.26. The molecule has 1 aromatic heterocycles. The van der Waals surface area contributed by atoms with Gasteiger partial charge in [0.2, 0.25) is 0 Å². The van der Waals surface area contributed by atoms with E-state index in [4.69, 9.17) is 16.3 Å². The van der Waals surface area contributed by atoms with E-state index in [0.29, 0.717) is 0 Å². The molecule has 1 aromatic rings. The molecule has 5 heteroatoms. The lowest BCUT2D eigenvalue weighted by atomic mass is 10.0. The summed E-state index contributed by atoms with van der Waals surface area (Å²) in [6.07, 6.45) is 2.00. The molecule has 0 amide bonds. The summed E-state index contributed by atoms with van der Waals surface area (Å²) in [6, 6.07) is 0.252. The van der Waals surface area contributed by atoms with Gasteiger partial charge in [-0.15, -0.1) is 0 Å². The zero-order chi connectivity index (χ0) is 13.7. The van der Waals surface area contributed by atoms with Gasteiger partial charge in [0.05, 0.1) is 22.5 Å². The first-order chi connectivity index (χ1) is 8.54. The Hall–Kier alpha value is -0.580. The van der Waals surface area contributed by atoms with Crippen molar-refractivity contribution in [3.05, 3.63) is 16.4 Å². The standard InChI is InChI=1S/C13H24ClN3O/c1-6-12(18-7-2)10(15-4)8-11-13(14)9(3)16-17(11)5/h10,12,15H,6-8H2,1-5H3. The summed E-state index contributed by atoms with van der Waals surface area (Å²) in [7, 11) is 3.89. The van der Waals surface area contributed by atoms with Crippen molar-refractivity contribution < 1.29 is 4.74 Å². The van der Waals surface area contributed by atoms with Crippen LogP contribution < -0.4 is 5.32 Å². The Bertz CT molecular complexity index is 379. The topological polar surface area (TPSA) is 39.1 Å². The van der Waals surface area contributed by atoms with Gasteiger partial charge in [0, 0.05) is 26.1 Å². The van der Waals surface area contributed by atoms with E-state index in [1.165, 1.54) is 0 Å². The van der Waals surface area contributed by atoms with E-state index < -0.39 is 0 Å². The largest absolute Gasteiger partial charge is 0.377 e. The summed E-state index contributed by atoms with van der Waals surface area (Å²) in [5.74, 6) is 0. The van der Waals surface area contributed by atoms with Crippen LogP contribution in [-0.2, 0) is 18.2 Å². The van der Waals surface area contributed by atoms with E-state index in [9.17, 15) is 0 Å². The molecule has 0 aliphatic carbocycles. The van der Waals surface area contributed by atoms with Crippen LogP contribution in [0.4, 0.5) is 0 Å². The lowest BCUT2D eigenvalue weighted by molar-refractivity contribution is 0.0335. The summed E-state index contributed by atoms with van der Waals surface area (Å²) < 4.78 is 7.63. The molecule has 0 saturated heterocycles. The van der Waals surface area contributed by atoms with Crippen LogP contribution in [0.3, 0.4) is 0 Å². The second kappa shape index (κ2) is 7.12. The first-order valence-corrected chi connectivity index (χ1v) is 6.89. The molecule has 1 heterocycles. The van der Waals surface area contributed by atoms with Gasteiger partial charge in [-0.25, -0.2) is 0 Å². The molecule has 0 aliphatic rings. The Balaban J connectivity index is 2.84. The molecule has 0 saturated carbocycles. The fraction of sp³-hybridized carbons (Fsp3) is 0.769. The van der Waals surface area contributed by atoms with Gasteiger partial charge in [0.15, 0.2) is 0 Å². The van der Waals surface area contributed by atoms with Crippen LogP contribution in [0.15, 0.2) is 0 Å². The third kappa shape index (κ3) is 3.46. The maximum Gasteiger partial charge on any atom is 0.0847 e. The molecule has 0 radical (unpaired) electrons. The molecule has 4 nitrogen and oxygen atoms in total. The summed E-state index contributed by atoms with van der Waals surface area (Å²) in [4.78, 5) is 0. The van der Waals surface area contributed by atoms with E-state index in [1.807, 2.05) is 32.6 Å². The fourth-order valence-electron chi connectivity index (χ4n) is 2.26. The smallest absolute Gasteiger partial charge is 0.0847 e. The van der Waals surface area contributed by atoms with Crippen LogP contribution in [0.1, 0.15) is 31.7 Å². The van der Waals surface area contributed by atoms with Crippen molar-refractivity contribution in [2.45, 2.75) is 45.8 Å². The van der Waals surface area contributed by atoms with Crippen molar-refractivity contribution in [1.29, 1.82) is 0 Å². The molecule has 0 bridgehead atoms. The van der Waals surface area contributed by atoms with Crippen molar-refractivity contribution in [1.82, 2.24) is 15.1 Å². The third-order valence-corrected chi connectivity index (χ3v) is 3.77. The molecule has 0 fully saturated rings. The minimum atomic E-state index is 0.200. The van der Waals surface area contributed by atoms with Gasteiger partial charge in [-0.1, -0.05) is 18.5 Å². The number of nitrogens with zero attached hydrogens (tertiary/aromatic N) is 2. The lowest BCUT2D eigenvalue weighted by Crippen LogP contribution is -2.41. The average molecular weight is 274 g/mol. The van der Waals surface area contributed by atoms with Gasteiger partial charge in [0.1, 0.15) is 0 Å². The normalized spacial score (nSPS) is 14.8.